The van der Waals surface area contributed by atoms with Crippen LogP contribution in [0.3, 0.4) is 0 Å². The molecule has 45 heavy (non-hydrogen) atoms. The summed E-state index contributed by atoms with van der Waals surface area (Å²) in [4.78, 5) is 57.1. The average Bonchev–Trinajstić information content (AvgIpc) is 3.58. The SMILES string of the molecule is COc1cccc(N2C[C@H](C(=O)Oc3ccc(N4C(=O)[C@H]5C6c7ccccc7C(c7ccccc76)[C@@H]5C4=O)c(C)c3)CC2=O)c1. The third kappa shape index (κ3) is 4.05. The molecule has 0 aromatic heterocycles. The van der Waals surface area contributed by atoms with Crippen molar-refractivity contribution in [2.75, 3.05) is 23.5 Å². The summed E-state index contributed by atoms with van der Waals surface area (Å²) in [6.45, 7) is 2.01. The van der Waals surface area contributed by atoms with Gasteiger partial charge in [-0.25, -0.2) is 4.90 Å². The molecule has 9 rings (SSSR count). The van der Waals surface area contributed by atoms with Crippen LogP contribution in [0.1, 0.15) is 46.1 Å². The number of nitrogens with zero attached hydrogens (tertiary/aromatic N) is 2. The summed E-state index contributed by atoms with van der Waals surface area (Å²) in [6.07, 6.45) is 0.0414. The molecule has 0 unspecified atom stereocenters. The third-order valence-corrected chi connectivity index (χ3v) is 9.90. The number of carbonyl (C=O) groups is 4. The molecular weight excluding hydrogens is 568 g/mol. The molecule has 0 N–H and O–H groups in total. The Morgan fingerprint density at radius 3 is 1.89 bits per heavy atom. The Kier molecular flexibility index (Phi) is 6.17. The predicted molar refractivity (Wildman–Crippen MR) is 166 cm³/mol. The third-order valence-electron chi connectivity index (χ3n) is 9.90. The lowest BCUT2D eigenvalue weighted by Crippen LogP contribution is -2.41. The van der Waals surface area contributed by atoms with E-state index in [1.165, 1.54) is 4.90 Å². The normalized spacial score (nSPS) is 24.4. The smallest absolute Gasteiger partial charge is 0.316 e. The molecule has 2 fully saturated rings. The number of hydrogen-bond donors (Lipinski definition) is 0. The highest BCUT2D eigenvalue weighted by molar-refractivity contribution is 6.23. The first kappa shape index (κ1) is 27.3. The second-order valence-corrected chi connectivity index (χ2v) is 12.3. The van der Waals surface area contributed by atoms with Crippen molar-refractivity contribution in [3.63, 3.8) is 0 Å². The van der Waals surface area contributed by atoms with Crippen molar-refractivity contribution in [3.8, 4) is 11.5 Å². The van der Waals surface area contributed by atoms with Crippen LogP contribution in [0.2, 0.25) is 0 Å². The molecular formula is C37H30N2O6. The van der Waals surface area contributed by atoms with Crippen molar-refractivity contribution in [2.45, 2.75) is 25.2 Å². The standard InChI is InChI=1S/C37H30N2O6/c1-20-16-24(45-37(43)21-17-30(40)38(19-21)22-8-7-9-23(18-22)44-2)14-15-29(20)39-35(41)33-31-25-10-3-4-11-26(25)32(34(33)36(39)42)28-13-6-5-12-27(28)31/h3-16,18,21,31-34H,17,19H2,1-2H3/t21-,31?,32?,33+,34+/m1/s1. The van der Waals surface area contributed by atoms with Crippen molar-refractivity contribution in [2.24, 2.45) is 17.8 Å². The first-order valence-electron chi connectivity index (χ1n) is 15.2. The van der Waals surface area contributed by atoms with E-state index < -0.39 is 23.7 Å². The fourth-order valence-electron chi connectivity index (χ4n) is 7.95. The van der Waals surface area contributed by atoms with Gasteiger partial charge in [-0.1, -0.05) is 54.6 Å². The molecule has 0 saturated carbocycles. The number of carbonyl (C=O) groups excluding carboxylic acids is 4. The predicted octanol–water partition coefficient (Wildman–Crippen LogP) is 5.36. The summed E-state index contributed by atoms with van der Waals surface area (Å²) in [5, 5.41) is 0. The first-order chi connectivity index (χ1) is 21.9. The molecule has 8 heteroatoms. The van der Waals surface area contributed by atoms with Crippen LogP contribution in [-0.4, -0.2) is 37.3 Å². The van der Waals surface area contributed by atoms with E-state index in [0.717, 1.165) is 22.3 Å². The van der Waals surface area contributed by atoms with Crippen LogP contribution in [0.4, 0.5) is 11.4 Å². The number of benzene rings is 4. The highest BCUT2D eigenvalue weighted by Gasteiger charge is 2.61. The van der Waals surface area contributed by atoms with Gasteiger partial charge < -0.3 is 14.4 Å². The molecule has 2 saturated heterocycles. The van der Waals surface area contributed by atoms with Gasteiger partial charge in [-0.2, -0.15) is 0 Å². The van der Waals surface area contributed by atoms with Gasteiger partial charge in [0, 0.05) is 36.6 Å². The van der Waals surface area contributed by atoms with Crippen molar-refractivity contribution in [1.29, 1.82) is 0 Å². The molecule has 8 nitrogen and oxygen atoms in total. The molecule has 4 aromatic rings. The van der Waals surface area contributed by atoms with Gasteiger partial charge in [0.25, 0.3) is 0 Å². The van der Waals surface area contributed by atoms with Gasteiger partial charge in [0.1, 0.15) is 11.5 Å². The van der Waals surface area contributed by atoms with Crippen LogP contribution in [0, 0.1) is 24.7 Å². The quantitative estimate of drug-likeness (QED) is 0.175. The van der Waals surface area contributed by atoms with E-state index in [9.17, 15) is 19.2 Å². The number of ether oxygens (including phenoxy) is 2. The average molecular weight is 599 g/mol. The number of amides is 3. The first-order valence-corrected chi connectivity index (χ1v) is 15.2. The van der Waals surface area contributed by atoms with Crippen LogP contribution in [0.15, 0.2) is 91.0 Å². The number of rotatable bonds is 5. The van der Waals surface area contributed by atoms with E-state index in [1.807, 2.05) is 24.3 Å². The van der Waals surface area contributed by atoms with Crippen LogP contribution >= 0.6 is 0 Å². The van der Waals surface area contributed by atoms with Gasteiger partial charge in [-0.3, -0.25) is 19.2 Å². The van der Waals surface area contributed by atoms with Crippen LogP contribution in [0.25, 0.3) is 0 Å². The lowest BCUT2D eigenvalue weighted by Gasteiger charge is -2.45. The molecule has 0 spiro atoms. The Labute approximate surface area is 260 Å². The van der Waals surface area contributed by atoms with Crippen LogP contribution < -0.4 is 19.3 Å². The zero-order valence-corrected chi connectivity index (χ0v) is 24.8. The molecule has 0 radical (unpaired) electrons. The maximum absolute atomic E-state index is 14.1. The number of methoxy groups -OCH3 is 1. The lowest BCUT2D eigenvalue weighted by atomic mass is 9.55. The highest BCUT2D eigenvalue weighted by Crippen LogP contribution is 2.61. The minimum atomic E-state index is -0.632. The largest absolute Gasteiger partial charge is 0.497 e. The summed E-state index contributed by atoms with van der Waals surface area (Å²) in [5.41, 5.74) is 6.30. The van der Waals surface area contributed by atoms with E-state index in [1.54, 1.807) is 61.4 Å². The number of imide groups is 1. The number of anilines is 2. The van der Waals surface area contributed by atoms with E-state index in [0.29, 0.717) is 28.4 Å². The van der Waals surface area contributed by atoms with Gasteiger partial charge in [0.15, 0.2) is 0 Å². The Morgan fingerprint density at radius 1 is 0.733 bits per heavy atom. The van der Waals surface area contributed by atoms with Crippen molar-refractivity contribution in [1.82, 2.24) is 0 Å². The van der Waals surface area contributed by atoms with Gasteiger partial charge >= 0.3 is 5.97 Å². The Bertz CT molecular complexity index is 1820. The summed E-state index contributed by atoms with van der Waals surface area (Å²) < 4.78 is 11.0. The maximum atomic E-state index is 14.1. The zero-order chi connectivity index (χ0) is 31.0. The topological polar surface area (TPSA) is 93.2 Å². The second kappa shape index (κ2) is 10.2. The summed E-state index contributed by atoms with van der Waals surface area (Å²) in [7, 11) is 1.56. The zero-order valence-electron chi connectivity index (χ0n) is 24.8. The van der Waals surface area contributed by atoms with Crippen LogP contribution in [-0.2, 0) is 19.2 Å². The van der Waals surface area contributed by atoms with Gasteiger partial charge in [-0.05, 0) is 65.1 Å². The lowest BCUT2D eigenvalue weighted by molar-refractivity contribution is -0.139. The van der Waals surface area contributed by atoms with Crippen molar-refractivity contribution >= 4 is 35.1 Å². The van der Waals surface area contributed by atoms with Gasteiger partial charge in [0.05, 0.1) is 30.6 Å². The fourth-order valence-corrected chi connectivity index (χ4v) is 7.95. The molecule has 3 atom stereocenters. The number of hydrogen-bond acceptors (Lipinski definition) is 6. The molecule has 5 aliphatic rings. The fraction of sp³-hybridized carbons (Fsp3) is 0.243. The van der Waals surface area contributed by atoms with Crippen LogP contribution in [0.5, 0.6) is 11.5 Å². The molecule has 3 amide bonds. The monoisotopic (exact) mass is 598 g/mol. The Balaban J connectivity index is 1.04. The number of aryl methyl sites for hydroxylation is 1. The van der Waals surface area contributed by atoms with E-state index in [2.05, 4.69) is 24.3 Å². The summed E-state index contributed by atoms with van der Waals surface area (Å²) >= 11 is 0. The minimum absolute atomic E-state index is 0.0414. The van der Waals surface area contributed by atoms with E-state index in [4.69, 9.17) is 9.47 Å². The van der Waals surface area contributed by atoms with Crippen molar-refractivity contribution < 1.29 is 28.7 Å². The summed E-state index contributed by atoms with van der Waals surface area (Å²) in [6, 6.07) is 28.4. The molecule has 2 aliphatic heterocycles. The Morgan fingerprint density at radius 2 is 1.33 bits per heavy atom. The molecule has 2 heterocycles. The van der Waals surface area contributed by atoms with Gasteiger partial charge in [0.2, 0.25) is 17.7 Å². The Hall–Kier alpha value is -5.24. The molecule has 4 aromatic carbocycles. The maximum Gasteiger partial charge on any atom is 0.316 e. The van der Waals surface area contributed by atoms with E-state index >= 15 is 0 Å². The molecule has 224 valence electrons. The van der Waals surface area contributed by atoms with Gasteiger partial charge in [-0.15, -0.1) is 0 Å². The molecule has 3 aliphatic carbocycles. The molecule has 2 bridgehead atoms. The number of esters is 1. The minimum Gasteiger partial charge on any atom is -0.497 e. The summed E-state index contributed by atoms with van der Waals surface area (Å²) in [5.74, 6) is -2.09. The van der Waals surface area contributed by atoms with E-state index in [-0.39, 0.29) is 42.5 Å². The highest BCUT2D eigenvalue weighted by atomic mass is 16.5. The van der Waals surface area contributed by atoms with Crippen molar-refractivity contribution in [3.05, 3.63) is 119 Å². The second-order valence-electron chi connectivity index (χ2n) is 12.3.